The molecule has 2 aliphatic carbocycles. The Morgan fingerprint density at radius 1 is 1.23 bits per heavy atom. The highest BCUT2D eigenvalue weighted by molar-refractivity contribution is 4.99. The first-order chi connectivity index (χ1) is 6.29. The van der Waals surface area contributed by atoms with E-state index in [0.29, 0.717) is 5.92 Å². The van der Waals surface area contributed by atoms with Gasteiger partial charge in [-0.25, -0.2) is 0 Å². The van der Waals surface area contributed by atoms with Crippen LogP contribution in [0.3, 0.4) is 0 Å². The van der Waals surface area contributed by atoms with Gasteiger partial charge >= 0.3 is 0 Å². The second kappa shape index (κ2) is 3.83. The summed E-state index contributed by atoms with van der Waals surface area (Å²) in [5.74, 6) is 2.22. The van der Waals surface area contributed by atoms with Crippen molar-refractivity contribution >= 4 is 0 Å². The van der Waals surface area contributed by atoms with Crippen molar-refractivity contribution in [3.63, 3.8) is 0 Å². The van der Waals surface area contributed by atoms with Gasteiger partial charge in [-0.05, 0) is 50.4 Å². The van der Waals surface area contributed by atoms with Crippen LogP contribution in [-0.4, -0.2) is 11.2 Å². The highest BCUT2D eigenvalue weighted by Crippen LogP contribution is 2.42. The van der Waals surface area contributed by atoms with Crippen molar-refractivity contribution in [1.29, 1.82) is 0 Å². The number of fused-ring (bicyclic) bond motifs is 1. The van der Waals surface area contributed by atoms with Crippen LogP contribution in [-0.2, 0) is 0 Å². The molecule has 1 N–H and O–H groups in total. The van der Waals surface area contributed by atoms with Crippen molar-refractivity contribution in [3.8, 4) is 0 Å². The fourth-order valence-electron chi connectivity index (χ4n) is 3.18. The number of rotatable bonds is 1. The minimum Gasteiger partial charge on any atom is -0.393 e. The average molecular weight is 180 g/mol. The van der Waals surface area contributed by atoms with Gasteiger partial charge in [0.05, 0.1) is 6.10 Å². The lowest BCUT2D eigenvalue weighted by Gasteiger charge is -2.40. The monoisotopic (exact) mass is 180 g/mol. The van der Waals surface area contributed by atoms with Gasteiger partial charge in [0.1, 0.15) is 0 Å². The maximum Gasteiger partial charge on any atom is 0.0543 e. The fourth-order valence-corrected chi connectivity index (χ4v) is 3.18. The van der Waals surface area contributed by atoms with Crippen molar-refractivity contribution in [3.05, 3.63) is 12.2 Å². The summed E-state index contributed by atoms with van der Waals surface area (Å²) in [5.41, 5.74) is 0. The molecule has 0 radical (unpaired) electrons. The van der Waals surface area contributed by atoms with E-state index in [1.807, 2.05) is 6.92 Å². The minimum absolute atomic E-state index is 0.0979. The molecule has 0 amide bonds. The number of hydrogen-bond donors (Lipinski definition) is 1. The van der Waals surface area contributed by atoms with E-state index in [2.05, 4.69) is 12.2 Å². The number of allylic oxidation sites excluding steroid dienone is 2. The molecule has 0 heterocycles. The molecule has 74 valence electrons. The Balaban J connectivity index is 2.08. The van der Waals surface area contributed by atoms with Crippen LogP contribution >= 0.6 is 0 Å². The van der Waals surface area contributed by atoms with Gasteiger partial charge in [-0.2, -0.15) is 0 Å². The van der Waals surface area contributed by atoms with Crippen molar-refractivity contribution < 1.29 is 5.11 Å². The third-order valence-electron chi connectivity index (χ3n) is 3.90. The molecule has 4 atom stereocenters. The average Bonchev–Trinajstić information content (AvgIpc) is 2.17. The van der Waals surface area contributed by atoms with Gasteiger partial charge < -0.3 is 5.11 Å². The first-order valence-corrected chi connectivity index (χ1v) is 5.62. The summed E-state index contributed by atoms with van der Waals surface area (Å²) in [6, 6.07) is 0. The third kappa shape index (κ3) is 1.80. The molecule has 2 rings (SSSR count). The van der Waals surface area contributed by atoms with E-state index in [9.17, 15) is 5.11 Å². The topological polar surface area (TPSA) is 20.2 Å². The molecule has 2 aliphatic rings. The second-order valence-electron chi connectivity index (χ2n) is 4.70. The van der Waals surface area contributed by atoms with E-state index in [1.165, 1.54) is 32.1 Å². The Kier molecular flexibility index (Phi) is 2.73. The Bertz CT molecular complexity index is 195. The lowest BCUT2D eigenvalue weighted by molar-refractivity contribution is 0.0312. The molecule has 0 aromatic heterocycles. The van der Waals surface area contributed by atoms with E-state index >= 15 is 0 Å². The summed E-state index contributed by atoms with van der Waals surface area (Å²) in [6.07, 6.45) is 11.0. The Morgan fingerprint density at radius 3 is 2.77 bits per heavy atom. The normalized spacial score (nSPS) is 41.2. The van der Waals surface area contributed by atoms with Gasteiger partial charge in [-0.15, -0.1) is 0 Å². The molecule has 0 aromatic rings. The van der Waals surface area contributed by atoms with Crippen molar-refractivity contribution in [1.82, 2.24) is 0 Å². The Hall–Kier alpha value is -0.300. The van der Waals surface area contributed by atoms with Crippen LogP contribution in [0.1, 0.15) is 39.0 Å². The van der Waals surface area contributed by atoms with Crippen LogP contribution in [0.4, 0.5) is 0 Å². The standard InChI is InChI=1S/C12H20O/c1-9(13)11-8-4-6-10-5-2-3-7-12(10)11/h2-3,9-13H,4-8H2,1H3. The maximum atomic E-state index is 9.69. The molecule has 0 aromatic carbocycles. The van der Waals surface area contributed by atoms with Gasteiger partial charge in [-0.1, -0.05) is 18.6 Å². The summed E-state index contributed by atoms with van der Waals surface area (Å²) in [5, 5.41) is 9.69. The zero-order valence-electron chi connectivity index (χ0n) is 8.45. The van der Waals surface area contributed by atoms with Gasteiger partial charge in [0.2, 0.25) is 0 Å². The predicted molar refractivity (Wildman–Crippen MR) is 54.4 cm³/mol. The summed E-state index contributed by atoms with van der Waals surface area (Å²) >= 11 is 0. The summed E-state index contributed by atoms with van der Waals surface area (Å²) in [7, 11) is 0. The zero-order chi connectivity index (χ0) is 9.26. The fraction of sp³-hybridized carbons (Fsp3) is 0.833. The van der Waals surface area contributed by atoms with Gasteiger partial charge in [0.15, 0.2) is 0 Å². The molecule has 1 saturated carbocycles. The van der Waals surface area contributed by atoms with Crippen molar-refractivity contribution in [2.45, 2.75) is 45.1 Å². The van der Waals surface area contributed by atoms with Gasteiger partial charge in [-0.3, -0.25) is 0 Å². The number of hydrogen-bond acceptors (Lipinski definition) is 1. The first-order valence-electron chi connectivity index (χ1n) is 5.62. The SMILES string of the molecule is CC(O)C1CCCC2CC=CCC21. The number of aliphatic hydroxyl groups excluding tert-OH is 1. The smallest absolute Gasteiger partial charge is 0.0543 e. The summed E-state index contributed by atoms with van der Waals surface area (Å²) in [4.78, 5) is 0. The zero-order valence-corrected chi connectivity index (χ0v) is 8.45. The van der Waals surface area contributed by atoms with Crippen molar-refractivity contribution in [2.24, 2.45) is 17.8 Å². The van der Waals surface area contributed by atoms with E-state index < -0.39 is 0 Å². The third-order valence-corrected chi connectivity index (χ3v) is 3.90. The van der Waals surface area contributed by atoms with Crippen LogP contribution in [0.5, 0.6) is 0 Å². The maximum absolute atomic E-state index is 9.69. The van der Waals surface area contributed by atoms with Gasteiger partial charge in [0, 0.05) is 0 Å². The van der Waals surface area contributed by atoms with Gasteiger partial charge in [0.25, 0.3) is 0 Å². The molecule has 4 unspecified atom stereocenters. The van der Waals surface area contributed by atoms with Crippen LogP contribution in [0.15, 0.2) is 12.2 Å². The lowest BCUT2D eigenvalue weighted by atomic mass is 9.66. The summed E-state index contributed by atoms with van der Waals surface area (Å²) < 4.78 is 0. The van der Waals surface area contributed by atoms with Crippen LogP contribution in [0, 0.1) is 17.8 Å². The molecule has 0 spiro atoms. The lowest BCUT2D eigenvalue weighted by Crippen LogP contribution is -2.35. The second-order valence-corrected chi connectivity index (χ2v) is 4.70. The van der Waals surface area contributed by atoms with E-state index in [-0.39, 0.29) is 6.10 Å². The predicted octanol–water partition coefficient (Wildman–Crippen LogP) is 2.75. The van der Waals surface area contributed by atoms with Crippen LogP contribution in [0.2, 0.25) is 0 Å². The molecule has 0 saturated heterocycles. The quantitative estimate of drug-likeness (QED) is 0.615. The first kappa shape index (κ1) is 9.26. The minimum atomic E-state index is -0.0979. The van der Waals surface area contributed by atoms with Crippen molar-refractivity contribution in [2.75, 3.05) is 0 Å². The Morgan fingerprint density at radius 2 is 2.00 bits per heavy atom. The molecular weight excluding hydrogens is 160 g/mol. The molecule has 1 nitrogen and oxygen atoms in total. The highest BCUT2D eigenvalue weighted by atomic mass is 16.3. The molecular formula is C12H20O. The molecule has 13 heavy (non-hydrogen) atoms. The molecule has 0 bridgehead atoms. The van der Waals surface area contributed by atoms with E-state index in [1.54, 1.807) is 0 Å². The Labute approximate surface area is 80.8 Å². The summed E-state index contributed by atoms with van der Waals surface area (Å²) in [6.45, 7) is 1.96. The van der Waals surface area contributed by atoms with E-state index in [4.69, 9.17) is 0 Å². The largest absolute Gasteiger partial charge is 0.393 e. The molecule has 1 heteroatoms. The van der Waals surface area contributed by atoms with Crippen LogP contribution in [0.25, 0.3) is 0 Å². The molecule has 0 aliphatic heterocycles. The van der Waals surface area contributed by atoms with Crippen LogP contribution < -0.4 is 0 Å². The molecule has 1 fully saturated rings. The highest BCUT2D eigenvalue weighted by Gasteiger charge is 2.35. The number of aliphatic hydroxyl groups is 1. The van der Waals surface area contributed by atoms with E-state index in [0.717, 1.165) is 11.8 Å².